The fraction of sp³-hybridized carbons (Fsp3) is 0.706. The van der Waals surface area contributed by atoms with Crippen molar-refractivity contribution >= 4 is 23.8 Å². The highest BCUT2D eigenvalue weighted by atomic mass is 16.6. The highest BCUT2D eigenvalue weighted by Crippen LogP contribution is 2.73. The Morgan fingerprint density at radius 3 is 1.06 bits per heavy atom. The number of aromatic nitrogens is 3. The van der Waals surface area contributed by atoms with Crippen LogP contribution in [0.15, 0.2) is 81.5 Å². The Bertz CT molecular complexity index is 3450. The van der Waals surface area contributed by atoms with Crippen LogP contribution in [-0.2, 0) is 54.5 Å². The molecule has 0 spiro atoms. The molecule has 23 nitrogen and oxygen atoms in total. The summed E-state index contributed by atoms with van der Waals surface area (Å²) in [7, 11) is 0. The molecule has 23 heteroatoms. The minimum Gasteiger partial charge on any atom is -0.487 e. The van der Waals surface area contributed by atoms with Gasteiger partial charge in [-0.1, -0.05) is 137 Å². The molecule has 0 saturated heterocycles. The minimum absolute atomic E-state index is 0.0451. The van der Waals surface area contributed by atoms with E-state index in [1.54, 1.807) is 27.7 Å². The maximum absolute atomic E-state index is 15.9. The first-order chi connectivity index (χ1) is 52.0. The normalized spacial score (nSPS) is 19.5. The second-order valence-corrected chi connectivity index (χ2v) is 32.1. The molecule has 604 valence electrons. The summed E-state index contributed by atoms with van der Waals surface area (Å²) in [5.41, 5.74) is -4.06. The Morgan fingerprint density at radius 1 is 0.407 bits per heavy atom. The summed E-state index contributed by atoms with van der Waals surface area (Å²) < 4.78 is 62.0. The van der Waals surface area contributed by atoms with Gasteiger partial charge in [-0.25, -0.2) is 4.79 Å². The lowest BCUT2D eigenvalue weighted by atomic mass is 9.35. The Balaban J connectivity index is 1.38. The van der Waals surface area contributed by atoms with Crippen LogP contribution >= 0.6 is 0 Å². The van der Waals surface area contributed by atoms with Crippen LogP contribution in [0, 0.1) is 27.6 Å². The van der Waals surface area contributed by atoms with Crippen LogP contribution in [0.25, 0.3) is 0 Å². The molecule has 4 amide bonds. The molecule has 108 heavy (non-hydrogen) atoms. The zero-order chi connectivity index (χ0) is 78.0. The number of carbonyl (C=O) groups is 4. The number of nitrogens with zero attached hydrogens (tertiary/aromatic N) is 3. The molecule has 3 aromatic heterocycles. The van der Waals surface area contributed by atoms with Gasteiger partial charge in [-0.2, -0.15) is 0 Å². The number of amides is 4. The van der Waals surface area contributed by atoms with Crippen molar-refractivity contribution in [1.29, 1.82) is 0 Å². The number of unbranched alkanes of at least 4 members (excludes halogenated alkanes) is 8. The predicted molar refractivity (Wildman–Crippen MR) is 422 cm³/mol. The van der Waals surface area contributed by atoms with Gasteiger partial charge in [0.25, 0.3) is 17.7 Å². The summed E-state index contributed by atoms with van der Waals surface area (Å²) in [6, 6.07) is 14.5. The number of hydrogen-bond acceptors (Lipinski definition) is 16. The van der Waals surface area contributed by atoms with Crippen LogP contribution in [0.1, 0.15) is 254 Å². The van der Waals surface area contributed by atoms with Gasteiger partial charge >= 0.3 is 6.09 Å². The molecule has 8 rings (SSSR count). The van der Waals surface area contributed by atoms with E-state index in [1.807, 2.05) is 64.3 Å². The lowest BCUT2D eigenvalue weighted by molar-refractivity contribution is -0.194. The lowest BCUT2D eigenvalue weighted by Crippen LogP contribution is -2.68. The Hall–Kier alpha value is -7.05. The highest BCUT2D eigenvalue weighted by molar-refractivity contribution is 5.96. The average Bonchev–Trinajstić information content (AvgIpc) is 0.685. The maximum atomic E-state index is 15.9. The van der Waals surface area contributed by atoms with E-state index in [9.17, 15) is 19.2 Å². The number of rotatable bonds is 54. The van der Waals surface area contributed by atoms with Gasteiger partial charge < -0.3 is 77.6 Å². The van der Waals surface area contributed by atoms with Crippen LogP contribution in [-0.4, -0.2) is 154 Å². The topological polar surface area (TPSA) is 265 Å². The third kappa shape index (κ3) is 26.9. The van der Waals surface area contributed by atoms with Gasteiger partial charge in [0.2, 0.25) is 16.3 Å². The number of carbonyl (C=O) groups excluding carboxylic acids is 4. The van der Waals surface area contributed by atoms with Crippen LogP contribution in [0.4, 0.5) is 4.79 Å². The summed E-state index contributed by atoms with van der Waals surface area (Å²) in [5, 5.41) is 13.4. The molecular formula is C85H133N7O16. The first kappa shape index (κ1) is 88.2. The second kappa shape index (κ2) is 44.7. The van der Waals surface area contributed by atoms with E-state index < -0.39 is 79.6 Å². The van der Waals surface area contributed by atoms with E-state index in [-0.39, 0.29) is 113 Å². The van der Waals surface area contributed by atoms with Crippen molar-refractivity contribution in [2.75, 3.05) is 98.9 Å². The van der Waals surface area contributed by atoms with Crippen LogP contribution in [0.3, 0.4) is 0 Å². The summed E-state index contributed by atoms with van der Waals surface area (Å²) in [5.74, 6) is -1.89. The molecule has 3 heterocycles. The van der Waals surface area contributed by atoms with Crippen molar-refractivity contribution in [2.45, 2.75) is 261 Å². The van der Waals surface area contributed by atoms with E-state index in [2.05, 4.69) is 68.0 Å². The maximum Gasteiger partial charge on any atom is 0.407 e. The summed E-state index contributed by atoms with van der Waals surface area (Å²) in [6.45, 7) is 27.2. The molecule has 4 bridgehead atoms. The molecule has 4 fully saturated rings. The number of hydrogen-bond donors (Lipinski definition) is 4. The van der Waals surface area contributed by atoms with Gasteiger partial charge in [-0.3, -0.25) is 28.8 Å². The molecule has 4 aromatic rings. The summed E-state index contributed by atoms with van der Waals surface area (Å²) in [4.78, 5) is 104. The molecule has 7 atom stereocenters. The third-order valence-corrected chi connectivity index (χ3v) is 20.9. The SMILES string of the molecule is CCCCOCC(Cc1ccccc1)Cn1ccc(=O)c(OCCCC)c1C(=O)NCC12CC3(CNC(=O)OC(C)(C)C)CC(CNC(=O)c4c(OCCCC)c(=O)ccn4CC(COCCCC)OCCCC)(C1)C[C@@](CNC(=O)c1c(OCCCC)c(=O)ccn1CC(COCCCC)OCCCC)(C3)C2. The number of nitrogens with one attached hydrogen (secondary N) is 4. The minimum atomic E-state index is -0.836. The van der Waals surface area contributed by atoms with Gasteiger partial charge in [0.15, 0.2) is 34.3 Å². The molecule has 0 aliphatic heterocycles. The third-order valence-electron chi connectivity index (χ3n) is 20.9. The zero-order valence-corrected chi connectivity index (χ0v) is 67.4. The van der Waals surface area contributed by atoms with Gasteiger partial charge in [0.1, 0.15) is 5.60 Å². The van der Waals surface area contributed by atoms with Crippen LogP contribution in [0.2, 0.25) is 0 Å². The quantitative estimate of drug-likeness (QED) is 0.0299. The number of benzene rings is 1. The first-order valence-electron chi connectivity index (χ1n) is 41.0. The van der Waals surface area contributed by atoms with E-state index >= 15 is 14.4 Å². The number of alkyl carbamates (subject to hydrolysis) is 1. The fourth-order valence-corrected chi connectivity index (χ4v) is 16.5. The molecule has 1 aromatic carbocycles. The monoisotopic (exact) mass is 1510 g/mol. The van der Waals surface area contributed by atoms with Crippen molar-refractivity contribution < 1.29 is 61.8 Å². The molecule has 4 aliphatic rings. The second-order valence-electron chi connectivity index (χ2n) is 32.1. The predicted octanol–water partition coefficient (Wildman–Crippen LogP) is 13.8. The summed E-state index contributed by atoms with van der Waals surface area (Å²) in [6.07, 6.45) is 20.1. The van der Waals surface area contributed by atoms with Crippen molar-refractivity contribution in [1.82, 2.24) is 35.0 Å². The van der Waals surface area contributed by atoms with Crippen molar-refractivity contribution in [3.05, 3.63) is 120 Å². The van der Waals surface area contributed by atoms with E-state index in [0.717, 1.165) is 89.0 Å². The van der Waals surface area contributed by atoms with Gasteiger partial charge in [0, 0.05) is 108 Å². The first-order valence-corrected chi connectivity index (χ1v) is 41.0. The standard InChI is InChI=1S/C85H133N7O16/c1-12-20-39-100-51-65(47-64-31-29-28-30-32-64)48-90-36-33-68(93)74(105-44-25-17-6)71(90)77(96)86-60-82-54-83(61-87-78(97)72-75(106-45-26-18-7)69(94)34-37-91(72)49-66(103-42-23-15-4)52-101-40-21-13-2)56-84(55-82,59-85(57-82,58-83)63-89-80(99)108-81(9,10)11)62-88-79(98)73-76(107-46-27-19-8)70(95)35-38-92(73)50-67(104-43-24-16-5)53-102-41-22-14-3/h28-38,65-67H,12-27,39-63H2,1-11H3,(H,86,96)(H,87,97)(H,88,98)(H,89,99)/t65?,66?,67?,82?,83-,84?,85?/m1/s1. The molecule has 4 aliphatic carbocycles. The molecule has 6 unspecified atom stereocenters. The smallest absolute Gasteiger partial charge is 0.407 e. The van der Waals surface area contributed by atoms with Gasteiger partial charge in [0.05, 0.1) is 64.9 Å². The fourth-order valence-electron chi connectivity index (χ4n) is 16.5. The largest absolute Gasteiger partial charge is 0.487 e. The van der Waals surface area contributed by atoms with Crippen LogP contribution < -0.4 is 51.8 Å². The molecule has 0 radical (unpaired) electrons. The highest BCUT2D eigenvalue weighted by Gasteiger charge is 2.68. The zero-order valence-electron chi connectivity index (χ0n) is 67.4. The van der Waals surface area contributed by atoms with E-state index in [4.69, 9.17) is 42.6 Å². The van der Waals surface area contributed by atoms with E-state index in [1.165, 1.54) is 18.2 Å². The Morgan fingerprint density at radius 2 is 0.722 bits per heavy atom. The van der Waals surface area contributed by atoms with Gasteiger partial charge in [-0.15, -0.1) is 0 Å². The Kier molecular flexibility index (Phi) is 36.5. The molecular weight excluding hydrogens is 1370 g/mol. The number of pyridine rings is 3. The van der Waals surface area contributed by atoms with Crippen molar-refractivity contribution in [3.8, 4) is 17.2 Å². The molecule has 4 saturated carbocycles. The average molecular weight is 1510 g/mol. The Labute approximate surface area is 643 Å². The molecule has 4 N–H and O–H groups in total. The van der Waals surface area contributed by atoms with Crippen LogP contribution in [0.5, 0.6) is 17.2 Å². The van der Waals surface area contributed by atoms with Crippen molar-refractivity contribution in [3.63, 3.8) is 0 Å². The lowest BCUT2D eigenvalue weighted by Gasteiger charge is -2.71. The number of ether oxygens (including phenoxy) is 9. The summed E-state index contributed by atoms with van der Waals surface area (Å²) >= 11 is 0. The van der Waals surface area contributed by atoms with Gasteiger partial charge in [-0.05, 0) is 144 Å². The van der Waals surface area contributed by atoms with Crippen molar-refractivity contribution in [2.24, 2.45) is 27.6 Å². The van der Waals surface area contributed by atoms with E-state index in [0.29, 0.717) is 110 Å².